The molecule has 0 amide bonds. The van der Waals surface area contributed by atoms with Crippen LogP contribution in [0.3, 0.4) is 0 Å². The summed E-state index contributed by atoms with van der Waals surface area (Å²) in [6, 6.07) is 1.92. The van der Waals surface area contributed by atoms with Crippen LogP contribution in [0.4, 0.5) is 0 Å². The highest BCUT2D eigenvalue weighted by atomic mass is 32.2. The first kappa shape index (κ1) is 11.5. The quantitative estimate of drug-likeness (QED) is 0.594. The van der Waals surface area contributed by atoms with E-state index in [1.165, 1.54) is 0 Å². The Morgan fingerprint density at radius 2 is 2.36 bits per heavy atom. The molecule has 1 N–H and O–H groups in total. The van der Waals surface area contributed by atoms with Crippen LogP contribution < -0.4 is 5.32 Å². The summed E-state index contributed by atoms with van der Waals surface area (Å²) in [6.45, 7) is 5.25. The normalized spacial score (nSPS) is 12.8. The van der Waals surface area contributed by atoms with Crippen molar-refractivity contribution in [3.8, 4) is 0 Å². The second-order valence-electron chi connectivity index (χ2n) is 3.45. The zero-order valence-electron chi connectivity index (χ0n) is 8.95. The lowest BCUT2D eigenvalue weighted by atomic mass is 10.2. The minimum Gasteiger partial charge on any atom is -0.319 e. The zero-order valence-corrected chi connectivity index (χ0v) is 9.77. The molecular weight excluding hydrogens is 194 g/mol. The number of hydrogen-bond acceptors (Lipinski definition) is 4. The van der Waals surface area contributed by atoms with E-state index in [9.17, 15) is 0 Å². The molecule has 1 rings (SSSR count). The number of nitrogens with one attached hydrogen (secondary N) is 1. The van der Waals surface area contributed by atoms with Gasteiger partial charge in [0.2, 0.25) is 0 Å². The van der Waals surface area contributed by atoms with Crippen molar-refractivity contribution in [1.29, 1.82) is 0 Å². The predicted octanol–water partition coefficient (Wildman–Crippen LogP) is 1.73. The average molecular weight is 211 g/mol. The van der Waals surface area contributed by atoms with Gasteiger partial charge in [-0.15, -0.1) is 0 Å². The van der Waals surface area contributed by atoms with Gasteiger partial charge < -0.3 is 5.32 Å². The van der Waals surface area contributed by atoms with E-state index in [1.807, 2.05) is 26.2 Å². The first-order valence-electron chi connectivity index (χ1n) is 4.79. The Labute approximate surface area is 89.7 Å². The van der Waals surface area contributed by atoms with Crippen molar-refractivity contribution >= 4 is 11.8 Å². The fourth-order valence-corrected chi connectivity index (χ4v) is 2.01. The van der Waals surface area contributed by atoms with Gasteiger partial charge in [-0.05, 0) is 32.5 Å². The first-order chi connectivity index (χ1) is 6.72. The van der Waals surface area contributed by atoms with Crippen LogP contribution in [-0.4, -0.2) is 29.3 Å². The van der Waals surface area contributed by atoms with E-state index in [2.05, 4.69) is 22.2 Å². The molecule has 0 aromatic carbocycles. The maximum absolute atomic E-state index is 4.34. The standard InChI is InChI=1S/C10H17N3S/c1-8(6-11-3)7-14-10-12-5-4-9(2)13-10/h4-5,8,11H,6-7H2,1-3H3. The van der Waals surface area contributed by atoms with Gasteiger partial charge in [0.05, 0.1) is 0 Å². The molecule has 1 aromatic rings. The monoisotopic (exact) mass is 211 g/mol. The molecule has 3 nitrogen and oxygen atoms in total. The molecule has 14 heavy (non-hydrogen) atoms. The summed E-state index contributed by atoms with van der Waals surface area (Å²) in [5.74, 6) is 1.71. The molecule has 0 aliphatic rings. The Bertz CT molecular complexity index is 278. The van der Waals surface area contributed by atoms with Gasteiger partial charge in [-0.2, -0.15) is 0 Å². The van der Waals surface area contributed by atoms with Gasteiger partial charge in [-0.1, -0.05) is 18.7 Å². The van der Waals surface area contributed by atoms with E-state index in [0.717, 1.165) is 23.1 Å². The minimum atomic E-state index is 0.647. The van der Waals surface area contributed by atoms with Gasteiger partial charge in [-0.25, -0.2) is 9.97 Å². The van der Waals surface area contributed by atoms with Gasteiger partial charge in [0.15, 0.2) is 5.16 Å². The van der Waals surface area contributed by atoms with Crippen LogP contribution in [0.2, 0.25) is 0 Å². The molecule has 0 fully saturated rings. The van der Waals surface area contributed by atoms with Crippen molar-refractivity contribution in [2.45, 2.75) is 19.0 Å². The smallest absolute Gasteiger partial charge is 0.187 e. The topological polar surface area (TPSA) is 37.8 Å². The van der Waals surface area contributed by atoms with Crippen molar-refractivity contribution < 1.29 is 0 Å². The zero-order chi connectivity index (χ0) is 10.4. The summed E-state index contributed by atoms with van der Waals surface area (Å²) in [5.41, 5.74) is 1.03. The molecule has 0 saturated carbocycles. The molecule has 0 radical (unpaired) electrons. The fourth-order valence-electron chi connectivity index (χ4n) is 1.12. The van der Waals surface area contributed by atoms with Crippen LogP contribution in [0.5, 0.6) is 0 Å². The van der Waals surface area contributed by atoms with E-state index >= 15 is 0 Å². The maximum atomic E-state index is 4.34. The number of hydrogen-bond donors (Lipinski definition) is 1. The molecular formula is C10H17N3S. The fraction of sp³-hybridized carbons (Fsp3) is 0.600. The van der Waals surface area contributed by atoms with Gasteiger partial charge in [0.25, 0.3) is 0 Å². The van der Waals surface area contributed by atoms with Crippen molar-refractivity contribution in [2.75, 3.05) is 19.3 Å². The summed E-state index contributed by atoms with van der Waals surface area (Å²) in [6.07, 6.45) is 1.81. The number of thioether (sulfide) groups is 1. The van der Waals surface area contributed by atoms with Gasteiger partial charge in [-0.3, -0.25) is 0 Å². The maximum Gasteiger partial charge on any atom is 0.187 e. The van der Waals surface area contributed by atoms with Crippen LogP contribution >= 0.6 is 11.8 Å². The van der Waals surface area contributed by atoms with E-state index in [0.29, 0.717) is 5.92 Å². The summed E-state index contributed by atoms with van der Waals surface area (Å²) in [7, 11) is 1.98. The van der Waals surface area contributed by atoms with Gasteiger partial charge in [0, 0.05) is 17.6 Å². The third-order valence-electron chi connectivity index (χ3n) is 1.82. The minimum absolute atomic E-state index is 0.647. The largest absolute Gasteiger partial charge is 0.319 e. The highest BCUT2D eigenvalue weighted by molar-refractivity contribution is 7.99. The van der Waals surface area contributed by atoms with Crippen molar-refractivity contribution in [3.05, 3.63) is 18.0 Å². The molecule has 0 aliphatic carbocycles. The molecule has 0 aliphatic heterocycles. The lowest BCUT2D eigenvalue weighted by Gasteiger charge is -2.08. The second kappa shape index (κ2) is 5.98. The second-order valence-corrected chi connectivity index (χ2v) is 4.44. The molecule has 1 atom stereocenters. The van der Waals surface area contributed by atoms with E-state index < -0.39 is 0 Å². The van der Waals surface area contributed by atoms with E-state index in [4.69, 9.17) is 0 Å². The molecule has 78 valence electrons. The van der Waals surface area contributed by atoms with Crippen molar-refractivity contribution in [1.82, 2.24) is 15.3 Å². The van der Waals surface area contributed by atoms with Crippen LogP contribution in [0.15, 0.2) is 17.4 Å². The lowest BCUT2D eigenvalue weighted by Crippen LogP contribution is -2.17. The summed E-state index contributed by atoms with van der Waals surface area (Å²) < 4.78 is 0. The van der Waals surface area contributed by atoms with Gasteiger partial charge in [0.1, 0.15) is 0 Å². The van der Waals surface area contributed by atoms with Crippen LogP contribution in [0, 0.1) is 12.8 Å². The highest BCUT2D eigenvalue weighted by Crippen LogP contribution is 2.15. The Morgan fingerprint density at radius 1 is 1.57 bits per heavy atom. The van der Waals surface area contributed by atoms with E-state index in [-0.39, 0.29) is 0 Å². The van der Waals surface area contributed by atoms with Gasteiger partial charge >= 0.3 is 0 Å². The molecule has 4 heteroatoms. The Hall–Kier alpha value is -0.610. The van der Waals surface area contributed by atoms with Crippen molar-refractivity contribution in [2.24, 2.45) is 5.92 Å². The Kier molecular flexibility index (Phi) is 4.90. The molecule has 1 heterocycles. The number of aryl methyl sites for hydroxylation is 1. The number of nitrogens with zero attached hydrogens (tertiary/aromatic N) is 2. The SMILES string of the molecule is CNCC(C)CSc1nccc(C)n1. The summed E-state index contributed by atoms with van der Waals surface area (Å²) in [5, 5.41) is 4.04. The molecule has 1 unspecified atom stereocenters. The average Bonchev–Trinajstić information content (AvgIpc) is 2.15. The highest BCUT2D eigenvalue weighted by Gasteiger charge is 2.03. The Balaban J connectivity index is 2.37. The third kappa shape index (κ3) is 4.07. The predicted molar refractivity (Wildman–Crippen MR) is 60.6 cm³/mol. The van der Waals surface area contributed by atoms with Crippen LogP contribution in [0.1, 0.15) is 12.6 Å². The Morgan fingerprint density at radius 3 is 3.00 bits per heavy atom. The van der Waals surface area contributed by atoms with Crippen molar-refractivity contribution in [3.63, 3.8) is 0 Å². The summed E-state index contributed by atoms with van der Waals surface area (Å²) >= 11 is 1.72. The molecule has 0 saturated heterocycles. The molecule has 0 spiro atoms. The number of rotatable bonds is 5. The first-order valence-corrected chi connectivity index (χ1v) is 5.78. The molecule has 0 bridgehead atoms. The number of aromatic nitrogens is 2. The summed E-state index contributed by atoms with van der Waals surface area (Å²) in [4.78, 5) is 8.54. The van der Waals surface area contributed by atoms with Crippen LogP contribution in [0.25, 0.3) is 0 Å². The van der Waals surface area contributed by atoms with E-state index in [1.54, 1.807) is 11.8 Å². The third-order valence-corrected chi connectivity index (χ3v) is 3.01. The molecule has 1 aromatic heterocycles. The van der Waals surface area contributed by atoms with Crippen LogP contribution in [-0.2, 0) is 0 Å². The lowest BCUT2D eigenvalue weighted by molar-refractivity contribution is 0.603.